The summed E-state index contributed by atoms with van der Waals surface area (Å²) in [6.07, 6.45) is 0. The fraction of sp³-hybridized carbons (Fsp3) is 0. The SMILES string of the molecule is O=C(Nc1cccc(F)c1F)c1ccc(I)c(O)c1. The van der Waals surface area contributed by atoms with Crippen molar-refractivity contribution in [2.75, 3.05) is 5.32 Å². The third-order valence-electron chi connectivity index (χ3n) is 2.41. The molecule has 0 aliphatic carbocycles. The Kier molecular flexibility index (Phi) is 3.98. The summed E-state index contributed by atoms with van der Waals surface area (Å²) in [6.45, 7) is 0. The van der Waals surface area contributed by atoms with Gasteiger partial charge in [0.05, 0.1) is 9.26 Å². The van der Waals surface area contributed by atoms with Crippen LogP contribution in [0.2, 0.25) is 0 Å². The fourth-order valence-electron chi connectivity index (χ4n) is 1.45. The molecule has 6 heteroatoms. The van der Waals surface area contributed by atoms with E-state index in [4.69, 9.17) is 0 Å². The molecule has 0 fully saturated rings. The van der Waals surface area contributed by atoms with Gasteiger partial charge in [-0.2, -0.15) is 0 Å². The second-order valence-electron chi connectivity index (χ2n) is 3.72. The average Bonchev–Trinajstić information content (AvgIpc) is 2.38. The van der Waals surface area contributed by atoms with Crippen molar-refractivity contribution in [3.05, 3.63) is 57.2 Å². The van der Waals surface area contributed by atoms with Gasteiger partial charge in [0.2, 0.25) is 0 Å². The zero-order chi connectivity index (χ0) is 14.0. The number of nitrogens with one attached hydrogen (secondary N) is 1. The number of hydrogen-bond donors (Lipinski definition) is 2. The van der Waals surface area contributed by atoms with Crippen LogP contribution in [0.15, 0.2) is 36.4 Å². The van der Waals surface area contributed by atoms with Gasteiger partial charge in [0, 0.05) is 5.56 Å². The molecule has 0 aliphatic heterocycles. The molecule has 98 valence electrons. The van der Waals surface area contributed by atoms with Crippen molar-refractivity contribution >= 4 is 34.2 Å². The summed E-state index contributed by atoms with van der Waals surface area (Å²) in [6, 6.07) is 7.79. The molecule has 2 N–H and O–H groups in total. The van der Waals surface area contributed by atoms with Crippen molar-refractivity contribution in [1.82, 2.24) is 0 Å². The van der Waals surface area contributed by atoms with E-state index in [0.717, 1.165) is 6.07 Å². The highest BCUT2D eigenvalue weighted by Gasteiger charge is 2.13. The number of halogens is 3. The van der Waals surface area contributed by atoms with E-state index < -0.39 is 17.5 Å². The summed E-state index contributed by atoms with van der Waals surface area (Å²) in [4.78, 5) is 11.8. The van der Waals surface area contributed by atoms with Gasteiger partial charge in [-0.1, -0.05) is 6.07 Å². The van der Waals surface area contributed by atoms with E-state index in [1.54, 1.807) is 6.07 Å². The normalized spacial score (nSPS) is 10.3. The summed E-state index contributed by atoms with van der Waals surface area (Å²) in [5.74, 6) is -2.84. The van der Waals surface area contributed by atoms with E-state index in [1.807, 2.05) is 22.6 Å². The molecule has 0 aromatic heterocycles. The third kappa shape index (κ3) is 3.01. The minimum absolute atomic E-state index is 0.0482. The van der Waals surface area contributed by atoms with Gasteiger partial charge in [0.1, 0.15) is 5.75 Å². The Balaban J connectivity index is 2.26. The number of rotatable bonds is 2. The molecule has 2 aromatic rings. The van der Waals surface area contributed by atoms with E-state index >= 15 is 0 Å². The van der Waals surface area contributed by atoms with E-state index in [9.17, 15) is 18.7 Å². The fourth-order valence-corrected chi connectivity index (χ4v) is 1.78. The third-order valence-corrected chi connectivity index (χ3v) is 3.32. The lowest BCUT2D eigenvalue weighted by molar-refractivity contribution is 0.102. The summed E-state index contributed by atoms with van der Waals surface area (Å²) in [5.41, 5.74) is -0.0929. The maximum absolute atomic E-state index is 13.4. The lowest BCUT2D eigenvalue weighted by Gasteiger charge is -2.07. The zero-order valence-corrected chi connectivity index (χ0v) is 11.6. The Morgan fingerprint density at radius 3 is 2.63 bits per heavy atom. The molecule has 0 spiro atoms. The molecular formula is C13H8F2INO2. The Morgan fingerprint density at radius 2 is 1.95 bits per heavy atom. The van der Waals surface area contributed by atoms with E-state index in [0.29, 0.717) is 3.57 Å². The molecule has 0 saturated heterocycles. The highest BCUT2D eigenvalue weighted by atomic mass is 127. The van der Waals surface area contributed by atoms with E-state index in [-0.39, 0.29) is 17.0 Å². The van der Waals surface area contributed by atoms with Crippen LogP contribution in [0.1, 0.15) is 10.4 Å². The van der Waals surface area contributed by atoms with Crippen LogP contribution < -0.4 is 5.32 Å². The summed E-state index contributed by atoms with van der Waals surface area (Å²) >= 11 is 1.91. The van der Waals surface area contributed by atoms with Gasteiger partial charge in [-0.05, 0) is 52.9 Å². The first-order chi connectivity index (χ1) is 8.99. The summed E-state index contributed by atoms with van der Waals surface area (Å²) in [5, 5.41) is 11.7. The number of anilines is 1. The lowest BCUT2D eigenvalue weighted by atomic mass is 10.2. The van der Waals surface area contributed by atoms with Gasteiger partial charge in [0.25, 0.3) is 5.91 Å². The number of carbonyl (C=O) groups excluding carboxylic acids is 1. The van der Waals surface area contributed by atoms with Crippen LogP contribution in [0.3, 0.4) is 0 Å². The molecule has 3 nitrogen and oxygen atoms in total. The molecule has 19 heavy (non-hydrogen) atoms. The van der Waals surface area contributed by atoms with Crippen LogP contribution in [0.4, 0.5) is 14.5 Å². The van der Waals surface area contributed by atoms with Crippen LogP contribution >= 0.6 is 22.6 Å². The molecule has 1 amide bonds. The largest absolute Gasteiger partial charge is 0.507 e. The van der Waals surface area contributed by atoms with Crippen molar-refractivity contribution in [1.29, 1.82) is 0 Å². The smallest absolute Gasteiger partial charge is 0.255 e. The lowest BCUT2D eigenvalue weighted by Crippen LogP contribution is -2.13. The van der Waals surface area contributed by atoms with Crippen LogP contribution in [0.25, 0.3) is 0 Å². The molecule has 2 aromatic carbocycles. The van der Waals surface area contributed by atoms with Gasteiger partial charge in [-0.25, -0.2) is 8.78 Å². The van der Waals surface area contributed by atoms with E-state index in [1.165, 1.54) is 24.3 Å². The van der Waals surface area contributed by atoms with Crippen molar-refractivity contribution < 1.29 is 18.7 Å². The standard InChI is InChI=1S/C13H8F2INO2/c14-8-2-1-3-10(12(8)15)17-13(19)7-4-5-9(16)11(18)6-7/h1-6,18H,(H,17,19). The molecular weight excluding hydrogens is 367 g/mol. The first-order valence-electron chi connectivity index (χ1n) is 5.23. The number of carbonyl (C=O) groups is 1. The van der Waals surface area contributed by atoms with E-state index in [2.05, 4.69) is 5.32 Å². The first-order valence-corrected chi connectivity index (χ1v) is 6.31. The van der Waals surface area contributed by atoms with Gasteiger partial charge in [0.15, 0.2) is 11.6 Å². The number of phenols is 1. The highest BCUT2D eigenvalue weighted by Crippen LogP contribution is 2.22. The maximum atomic E-state index is 13.4. The van der Waals surface area contributed by atoms with Crippen LogP contribution in [-0.4, -0.2) is 11.0 Å². The number of aromatic hydroxyl groups is 1. The Morgan fingerprint density at radius 1 is 1.21 bits per heavy atom. The van der Waals surface area contributed by atoms with Gasteiger partial charge in [-0.15, -0.1) is 0 Å². The highest BCUT2D eigenvalue weighted by molar-refractivity contribution is 14.1. The van der Waals surface area contributed by atoms with Crippen molar-refractivity contribution in [2.45, 2.75) is 0 Å². The van der Waals surface area contributed by atoms with Crippen LogP contribution in [-0.2, 0) is 0 Å². The first kappa shape index (κ1) is 13.7. The number of phenolic OH excluding ortho intramolecular Hbond substituents is 1. The quantitative estimate of drug-likeness (QED) is 0.790. The van der Waals surface area contributed by atoms with Crippen molar-refractivity contribution in [3.8, 4) is 5.75 Å². The topological polar surface area (TPSA) is 49.3 Å². The molecule has 2 rings (SSSR count). The Bertz CT molecular complexity index is 647. The molecule has 0 unspecified atom stereocenters. The maximum Gasteiger partial charge on any atom is 0.255 e. The average molecular weight is 375 g/mol. The predicted octanol–water partition coefficient (Wildman–Crippen LogP) is 3.53. The number of hydrogen-bond acceptors (Lipinski definition) is 2. The zero-order valence-electron chi connectivity index (χ0n) is 9.45. The van der Waals surface area contributed by atoms with Gasteiger partial charge in [-0.3, -0.25) is 4.79 Å². The predicted molar refractivity (Wildman–Crippen MR) is 75.1 cm³/mol. The minimum Gasteiger partial charge on any atom is -0.507 e. The number of benzene rings is 2. The molecule has 0 atom stereocenters. The Labute approximate surface area is 121 Å². The second kappa shape index (κ2) is 5.52. The molecule has 0 aliphatic rings. The number of amides is 1. The van der Waals surface area contributed by atoms with Crippen LogP contribution in [0, 0.1) is 15.2 Å². The van der Waals surface area contributed by atoms with Gasteiger partial charge < -0.3 is 10.4 Å². The second-order valence-corrected chi connectivity index (χ2v) is 4.88. The molecule has 0 heterocycles. The van der Waals surface area contributed by atoms with Crippen molar-refractivity contribution in [3.63, 3.8) is 0 Å². The van der Waals surface area contributed by atoms with Gasteiger partial charge >= 0.3 is 0 Å². The van der Waals surface area contributed by atoms with Crippen LogP contribution in [0.5, 0.6) is 5.75 Å². The summed E-state index contributed by atoms with van der Waals surface area (Å²) < 4.78 is 27.0. The Hall–Kier alpha value is -1.70. The monoisotopic (exact) mass is 375 g/mol. The minimum atomic E-state index is -1.12. The molecule has 0 bridgehead atoms. The van der Waals surface area contributed by atoms with Crippen molar-refractivity contribution in [2.24, 2.45) is 0 Å². The summed E-state index contributed by atoms with van der Waals surface area (Å²) in [7, 11) is 0. The molecule has 0 radical (unpaired) electrons. The molecule has 0 saturated carbocycles.